The molecule has 0 aliphatic carbocycles. The summed E-state index contributed by atoms with van der Waals surface area (Å²) in [5.41, 5.74) is -0.134. The van der Waals surface area contributed by atoms with Crippen molar-refractivity contribution >= 4 is 32.9 Å². The van der Waals surface area contributed by atoms with Gasteiger partial charge in [0.15, 0.2) is 11.3 Å². The molecule has 116 valence electrons. The summed E-state index contributed by atoms with van der Waals surface area (Å²) in [6, 6.07) is 14.2. The summed E-state index contributed by atoms with van der Waals surface area (Å²) in [6.07, 6.45) is 0. The fourth-order valence-corrected chi connectivity index (χ4v) is 2.61. The highest BCUT2D eigenvalue weighted by molar-refractivity contribution is 9.10. The van der Waals surface area contributed by atoms with Crippen molar-refractivity contribution in [1.29, 1.82) is 0 Å². The molecular weight excluding hydrogens is 364 g/mol. The van der Waals surface area contributed by atoms with Crippen LogP contribution in [0.2, 0.25) is 0 Å². The molecule has 0 fully saturated rings. The van der Waals surface area contributed by atoms with Crippen molar-refractivity contribution in [2.45, 2.75) is 6.61 Å². The second kappa shape index (κ2) is 6.26. The van der Waals surface area contributed by atoms with Gasteiger partial charge >= 0.3 is 11.6 Å². The Hall–Kier alpha value is -2.60. The van der Waals surface area contributed by atoms with E-state index in [1.165, 1.54) is 6.07 Å². The third-order valence-electron chi connectivity index (χ3n) is 3.23. The first-order chi connectivity index (χ1) is 11.0. The smallest absolute Gasteiger partial charge is 0.351 e. The minimum Gasteiger partial charge on any atom is -0.485 e. The number of fused-ring (bicyclic) bond motifs is 1. The molecule has 1 N–H and O–H groups in total. The van der Waals surface area contributed by atoms with Crippen LogP contribution in [-0.2, 0) is 6.61 Å². The number of carboxylic acid groups (broad SMARTS) is 1. The molecule has 5 nitrogen and oxygen atoms in total. The lowest BCUT2D eigenvalue weighted by Gasteiger charge is -2.09. The molecule has 2 aromatic carbocycles. The topological polar surface area (TPSA) is 76.7 Å². The van der Waals surface area contributed by atoms with E-state index in [1.54, 1.807) is 12.1 Å². The van der Waals surface area contributed by atoms with Gasteiger partial charge in [-0.25, -0.2) is 9.59 Å². The van der Waals surface area contributed by atoms with Gasteiger partial charge < -0.3 is 14.3 Å². The fourth-order valence-electron chi connectivity index (χ4n) is 2.16. The van der Waals surface area contributed by atoms with Crippen LogP contribution in [0.3, 0.4) is 0 Å². The Morgan fingerprint density at radius 2 is 1.91 bits per heavy atom. The van der Waals surface area contributed by atoms with E-state index in [1.807, 2.05) is 30.3 Å². The van der Waals surface area contributed by atoms with Crippen LogP contribution in [0.25, 0.3) is 11.0 Å². The van der Waals surface area contributed by atoms with E-state index in [-0.39, 0.29) is 5.58 Å². The summed E-state index contributed by atoms with van der Waals surface area (Å²) in [5, 5.41) is 9.48. The largest absolute Gasteiger partial charge is 0.485 e. The Kier molecular flexibility index (Phi) is 4.16. The number of hydrogen-bond donors (Lipinski definition) is 1. The fraction of sp³-hybridized carbons (Fsp3) is 0.0588. The van der Waals surface area contributed by atoms with Crippen molar-refractivity contribution < 1.29 is 19.1 Å². The summed E-state index contributed by atoms with van der Waals surface area (Å²) >= 11 is 3.34. The van der Waals surface area contributed by atoms with E-state index in [4.69, 9.17) is 14.3 Å². The number of carboxylic acids is 1. The minimum absolute atomic E-state index is 0.221. The molecule has 0 aliphatic heterocycles. The maximum atomic E-state index is 11.8. The summed E-state index contributed by atoms with van der Waals surface area (Å²) in [7, 11) is 0. The first-order valence-corrected chi connectivity index (χ1v) is 7.51. The minimum atomic E-state index is -1.33. The van der Waals surface area contributed by atoms with Crippen LogP contribution in [0, 0.1) is 0 Å². The van der Waals surface area contributed by atoms with Gasteiger partial charge in [0.2, 0.25) is 0 Å². The van der Waals surface area contributed by atoms with Crippen molar-refractivity contribution in [2.75, 3.05) is 0 Å². The number of ether oxygens (including phenoxy) is 1. The van der Waals surface area contributed by atoms with Crippen molar-refractivity contribution in [3.63, 3.8) is 0 Å². The van der Waals surface area contributed by atoms with Gasteiger partial charge in [-0.05, 0) is 23.8 Å². The van der Waals surface area contributed by atoms with E-state index >= 15 is 0 Å². The molecule has 3 aromatic rings. The molecule has 3 rings (SSSR count). The van der Waals surface area contributed by atoms with Crippen LogP contribution in [-0.4, -0.2) is 11.1 Å². The molecule has 0 amide bonds. The molecule has 1 heterocycles. The molecule has 0 aliphatic rings. The Morgan fingerprint density at radius 1 is 1.17 bits per heavy atom. The molecular formula is C17H11BrO5. The van der Waals surface area contributed by atoms with Gasteiger partial charge in [0.05, 0.1) is 0 Å². The summed E-state index contributed by atoms with van der Waals surface area (Å²) in [4.78, 5) is 22.8. The molecule has 0 atom stereocenters. The standard InChI is InChI=1S/C17H11BrO5/c18-12-6-11-7-13(16(19)20)17(21)23-15(11)14(8-12)22-9-10-4-2-1-3-5-10/h1-8H,9H2,(H,19,20). The molecule has 0 spiro atoms. The van der Waals surface area contributed by atoms with E-state index in [9.17, 15) is 9.59 Å². The van der Waals surface area contributed by atoms with Crippen LogP contribution < -0.4 is 10.4 Å². The average molecular weight is 375 g/mol. The maximum absolute atomic E-state index is 11.8. The highest BCUT2D eigenvalue weighted by Gasteiger charge is 2.15. The quantitative estimate of drug-likeness (QED) is 0.702. The SMILES string of the molecule is O=C(O)c1cc2cc(Br)cc(OCc3ccccc3)c2oc1=O. The zero-order valence-corrected chi connectivity index (χ0v) is 13.4. The highest BCUT2D eigenvalue weighted by Crippen LogP contribution is 2.30. The Balaban J connectivity index is 2.04. The molecule has 0 bridgehead atoms. The van der Waals surface area contributed by atoms with Gasteiger partial charge in [-0.15, -0.1) is 0 Å². The Labute approximate surface area is 139 Å². The van der Waals surface area contributed by atoms with Gasteiger partial charge in [-0.2, -0.15) is 0 Å². The van der Waals surface area contributed by atoms with Crippen molar-refractivity contribution in [1.82, 2.24) is 0 Å². The number of hydrogen-bond acceptors (Lipinski definition) is 4. The lowest BCUT2D eigenvalue weighted by molar-refractivity contribution is 0.0692. The predicted molar refractivity (Wildman–Crippen MR) is 87.9 cm³/mol. The van der Waals surface area contributed by atoms with E-state index in [2.05, 4.69) is 15.9 Å². The molecule has 0 radical (unpaired) electrons. The zero-order valence-electron chi connectivity index (χ0n) is 11.8. The predicted octanol–water partition coefficient (Wildman–Crippen LogP) is 3.83. The van der Waals surface area contributed by atoms with Crippen molar-refractivity contribution in [2.24, 2.45) is 0 Å². The van der Waals surface area contributed by atoms with Crippen LogP contribution in [0.4, 0.5) is 0 Å². The number of aromatic carboxylic acids is 1. The summed E-state index contributed by atoms with van der Waals surface area (Å²) < 4.78 is 11.6. The number of benzene rings is 2. The molecule has 1 aromatic heterocycles. The zero-order chi connectivity index (χ0) is 16.4. The lowest BCUT2D eigenvalue weighted by atomic mass is 10.1. The van der Waals surface area contributed by atoms with Crippen LogP contribution >= 0.6 is 15.9 Å². The van der Waals surface area contributed by atoms with Gasteiger partial charge in [-0.3, -0.25) is 0 Å². The van der Waals surface area contributed by atoms with E-state index in [0.29, 0.717) is 22.2 Å². The molecule has 0 unspecified atom stereocenters. The monoisotopic (exact) mass is 374 g/mol. The van der Waals surface area contributed by atoms with E-state index < -0.39 is 17.2 Å². The number of halogens is 1. The first kappa shape index (κ1) is 15.3. The van der Waals surface area contributed by atoms with Gasteiger partial charge in [0.1, 0.15) is 12.2 Å². The van der Waals surface area contributed by atoms with Crippen molar-refractivity contribution in [3.8, 4) is 5.75 Å². The lowest BCUT2D eigenvalue weighted by Crippen LogP contribution is -2.13. The third kappa shape index (κ3) is 3.27. The van der Waals surface area contributed by atoms with Crippen LogP contribution in [0.15, 0.2) is 62.2 Å². The second-order valence-corrected chi connectivity index (χ2v) is 5.76. The second-order valence-electron chi connectivity index (χ2n) is 4.85. The molecule has 0 saturated carbocycles. The molecule has 23 heavy (non-hydrogen) atoms. The highest BCUT2D eigenvalue weighted by atomic mass is 79.9. The van der Waals surface area contributed by atoms with Gasteiger partial charge in [0.25, 0.3) is 0 Å². The van der Waals surface area contributed by atoms with Crippen LogP contribution in [0.5, 0.6) is 5.75 Å². The Bertz CT molecular complexity index is 931. The van der Waals surface area contributed by atoms with E-state index in [0.717, 1.165) is 5.56 Å². The number of rotatable bonds is 4. The molecule has 0 saturated heterocycles. The van der Waals surface area contributed by atoms with Crippen LogP contribution in [0.1, 0.15) is 15.9 Å². The third-order valence-corrected chi connectivity index (χ3v) is 3.69. The number of carbonyl (C=O) groups is 1. The van der Waals surface area contributed by atoms with Crippen molar-refractivity contribution in [3.05, 3.63) is 74.6 Å². The Morgan fingerprint density at radius 3 is 2.61 bits per heavy atom. The summed E-state index contributed by atoms with van der Waals surface area (Å²) in [5.74, 6) is -0.959. The van der Waals surface area contributed by atoms with Gasteiger partial charge in [0, 0.05) is 9.86 Å². The molecule has 6 heteroatoms. The van der Waals surface area contributed by atoms with Gasteiger partial charge in [-0.1, -0.05) is 46.3 Å². The average Bonchev–Trinajstić information content (AvgIpc) is 2.53. The first-order valence-electron chi connectivity index (χ1n) is 6.72. The summed E-state index contributed by atoms with van der Waals surface area (Å²) in [6.45, 7) is 0.302. The maximum Gasteiger partial charge on any atom is 0.351 e. The normalized spacial score (nSPS) is 10.7.